The molecule has 0 aromatic heterocycles. The first kappa shape index (κ1) is 13.9. The van der Waals surface area contributed by atoms with E-state index in [2.05, 4.69) is 24.1 Å². The third-order valence-electron chi connectivity index (χ3n) is 4.60. The number of rotatable bonds is 2. The van der Waals surface area contributed by atoms with Crippen molar-refractivity contribution in [1.82, 2.24) is 10.2 Å². The van der Waals surface area contributed by atoms with Crippen LogP contribution in [0, 0.1) is 11.8 Å². The molecule has 2 heterocycles. The zero-order valence-electron chi connectivity index (χ0n) is 12.0. The third kappa shape index (κ3) is 3.71. The van der Waals surface area contributed by atoms with Crippen molar-refractivity contribution in [2.75, 3.05) is 19.6 Å². The normalized spacial score (nSPS) is 31.1. The fraction of sp³-hybridized carbons (Fsp3) is 0.933. The zero-order chi connectivity index (χ0) is 13.0. The highest BCUT2D eigenvalue weighted by Gasteiger charge is 2.27. The minimum absolute atomic E-state index is 0.406. The van der Waals surface area contributed by atoms with Crippen LogP contribution in [-0.4, -0.2) is 36.5 Å². The van der Waals surface area contributed by atoms with Gasteiger partial charge in [0.1, 0.15) is 0 Å². The summed E-state index contributed by atoms with van der Waals surface area (Å²) in [6.45, 7) is 7.65. The van der Waals surface area contributed by atoms with Crippen LogP contribution in [0.15, 0.2) is 0 Å². The summed E-state index contributed by atoms with van der Waals surface area (Å²) in [4.78, 5) is 14.6. The summed E-state index contributed by atoms with van der Waals surface area (Å²) in [5, 5.41) is 3.37. The maximum Gasteiger partial charge on any atom is 0.223 e. The molecule has 18 heavy (non-hydrogen) atoms. The molecule has 0 saturated carbocycles. The van der Waals surface area contributed by atoms with E-state index in [1.807, 2.05) is 0 Å². The SMILES string of the molecule is C[C@@H]1CCC[C@@H](C)N(C(=O)CC2CCNCC2)C1. The average molecular weight is 252 g/mol. The van der Waals surface area contributed by atoms with Crippen LogP contribution < -0.4 is 5.32 Å². The Labute approximate surface area is 111 Å². The second-order valence-corrected chi connectivity index (χ2v) is 6.33. The molecule has 1 amide bonds. The molecule has 2 aliphatic heterocycles. The number of hydrogen-bond acceptors (Lipinski definition) is 2. The molecule has 2 rings (SSSR count). The number of carbonyl (C=O) groups is 1. The van der Waals surface area contributed by atoms with Gasteiger partial charge in [0.25, 0.3) is 0 Å². The highest BCUT2D eigenvalue weighted by Crippen LogP contribution is 2.24. The first-order valence-electron chi connectivity index (χ1n) is 7.67. The van der Waals surface area contributed by atoms with E-state index in [1.54, 1.807) is 0 Å². The van der Waals surface area contributed by atoms with Crippen molar-refractivity contribution in [3.63, 3.8) is 0 Å². The molecule has 0 aromatic rings. The van der Waals surface area contributed by atoms with Gasteiger partial charge in [0.05, 0.1) is 0 Å². The fourth-order valence-electron chi connectivity index (χ4n) is 3.32. The molecule has 0 radical (unpaired) electrons. The number of amides is 1. The number of carbonyl (C=O) groups excluding carboxylic acids is 1. The number of nitrogens with zero attached hydrogens (tertiary/aromatic N) is 1. The lowest BCUT2D eigenvalue weighted by Gasteiger charge is -2.31. The highest BCUT2D eigenvalue weighted by molar-refractivity contribution is 5.76. The molecule has 0 bridgehead atoms. The summed E-state index contributed by atoms with van der Waals surface area (Å²) >= 11 is 0. The highest BCUT2D eigenvalue weighted by atomic mass is 16.2. The Morgan fingerprint density at radius 3 is 2.61 bits per heavy atom. The predicted octanol–water partition coefficient (Wildman–Crippen LogP) is 2.41. The first-order valence-corrected chi connectivity index (χ1v) is 7.67. The van der Waals surface area contributed by atoms with E-state index < -0.39 is 0 Å². The molecule has 0 aliphatic carbocycles. The van der Waals surface area contributed by atoms with E-state index in [4.69, 9.17) is 0 Å². The van der Waals surface area contributed by atoms with Crippen LogP contribution >= 0.6 is 0 Å². The number of hydrogen-bond donors (Lipinski definition) is 1. The van der Waals surface area contributed by atoms with E-state index in [0.717, 1.165) is 26.1 Å². The Morgan fingerprint density at radius 1 is 1.17 bits per heavy atom. The smallest absolute Gasteiger partial charge is 0.223 e. The van der Waals surface area contributed by atoms with Crippen molar-refractivity contribution in [3.05, 3.63) is 0 Å². The van der Waals surface area contributed by atoms with Crippen LogP contribution in [0.4, 0.5) is 0 Å². The minimum Gasteiger partial charge on any atom is -0.340 e. The molecule has 1 N–H and O–H groups in total. The van der Waals surface area contributed by atoms with Crippen LogP contribution in [-0.2, 0) is 4.79 Å². The van der Waals surface area contributed by atoms with Gasteiger partial charge in [-0.05, 0) is 57.5 Å². The number of piperidine rings is 1. The molecule has 0 aromatic carbocycles. The van der Waals surface area contributed by atoms with E-state index in [1.165, 1.54) is 32.1 Å². The van der Waals surface area contributed by atoms with Crippen molar-refractivity contribution >= 4 is 5.91 Å². The Balaban J connectivity index is 1.88. The van der Waals surface area contributed by atoms with Gasteiger partial charge in [-0.15, -0.1) is 0 Å². The summed E-state index contributed by atoms with van der Waals surface area (Å²) in [6.07, 6.45) is 6.86. The monoisotopic (exact) mass is 252 g/mol. The fourth-order valence-corrected chi connectivity index (χ4v) is 3.32. The molecule has 2 saturated heterocycles. The summed E-state index contributed by atoms with van der Waals surface area (Å²) in [6, 6.07) is 0.448. The van der Waals surface area contributed by atoms with Gasteiger partial charge < -0.3 is 10.2 Å². The molecular formula is C15H28N2O. The van der Waals surface area contributed by atoms with Crippen LogP contribution in [0.1, 0.15) is 52.4 Å². The minimum atomic E-state index is 0.406. The van der Waals surface area contributed by atoms with Crippen LogP contribution in [0.2, 0.25) is 0 Å². The van der Waals surface area contributed by atoms with E-state index in [0.29, 0.717) is 23.8 Å². The largest absolute Gasteiger partial charge is 0.340 e. The summed E-state index contributed by atoms with van der Waals surface area (Å²) in [7, 11) is 0. The van der Waals surface area contributed by atoms with Crippen molar-refractivity contribution in [1.29, 1.82) is 0 Å². The van der Waals surface area contributed by atoms with Gasteiger partial charge in [0, 0.05) is 19.0 Å². The number of likely N-dealkylation sites (tertiary alicyclic amines) is 1. The first-order chi connectivity index (χ1) is 8.66. The van der Waals surface area contributed by atoms with Gasteiger partial charge in [-0.2, -0.15) is 0 Å². The molecule has 0 unspecified atom stereocenters. The predicted molar refractivity (Wildman–Crippen MR) is 74.4 cm³/mol. The lowest BCUT2D eigenvalue weighted by molar-refractivity contribution is -0.134. The second kappa shape index (κ2) is 6.55. The van der Waals surface area contributed by atoms with E-state index in [9.17, 15) is 4.79 Å². The molecule has 2 aliphatic rings. The Kier molecular flexibility index (Phi) is 5.04. The maximum atomic E-state index is 12.5. The van der Waals surface area contributed by atoms with Crippen LogP contribution in [0.5, 0.6) is 0 Å². The Bertz CT molecular complexity index is 274. The van der Waals surface area contributed by atoms with Crippen molar-refractivity contribution in [2.45, 2.75) is 58.4 Å². The van der Waals surface area contributed by atoms with Crippen LogP contribution in [0.3, 0.4) is 0 Å². The molecule has 3 nitrogen and oxygen atoms in total. The molecule has 2 fully saturated rings. The van der Waals surface area contributed by atoms with Gasteiger partial charge in [-0.1, -0.05) is 13.3 Å². The second-order valence-electron chi connectivity index (χ2n) is 6.33. The van der Waals surface area contributed by atoms with Gasteiger partial charge in [-0.25, -0.2) is 0 Å². The van der Waals surface area contributed by atoms with Gasteiger partial charge in [0.15, 0.2) is 0 Å². The maximum absolute atomic E-state index is 12.5. The Hall–Kier alpha value is -0.570. The summed E-state index contributed by atoms with van der Waals surface area (Å²) < 4.78 is 0. The van der Waals surface area contributed by atoms with Crippen molar-refractivity contribution < 1.29 is 4.79 Å². The third-order valence-corrected chi connectivity index (χ3v) is 4.60. The molecular weight excluding hydrogens is 224 g/mol. The molecule has 2 atom stereocenters. The quantitative estimate of drug-likeness (QED) is 0.818. The molecule has 104 valence electrons. The standard InChI is InChI=1S/C15H28N2O/c1-12-4-3-5-13(2)17(11-12)15(18)10-14-6-8-16-9-7-14/h12-14,16H,3-11H2,1-2H3/t12-,13-/m1/s1. The molecule has 0 spiro atoms. The van der Waals surface area contributed by atoms with E-state index in [-0.39, 0.29) is 0 Å². The van der Waals surface area contributed by atoms with E-state index >= 15 is 0 Å². The molecule has 3 heteroatoms. The van der Waals surface area contributed by atoms with Gasteiger partial charge in [-0.3, -0.25) is 4.79 Å². The zero-order valence-corrected chi connectivity index (χ0v) is 12.0. The summed E-state index contributed by atoms with van der Waals surface area (Å²) in [5.41, 5.74) is 0. The number of nitrogens with one attached hydrogen (secondary N) is 1. The lowest BCUT2D eigenvalue weighted by Crippen LogP contribution is -2.41. The van der Waals surface area contributed by atoms with Crippen LogP contribution in [0.25, 0.3) is 0 Å². The topological polar surface area (TPSA) is 32.3 Å². The Morgan fingerprint density at radius 2 is 1.89 bits per heavy atom. The average Bonchev–Trinajstić information content (AvgIpc) is 2.52. The van der Waals surface area contributed by atoms with Gasteiger partial charge >= 0.3 is 0 Å². The van der Waals surface area contributed by atoms with Crippen molar-refractivity contribution in [3.8, 4) is 0 Å². The van der Waals surface area contributed by atoms with Crippen molar-refractivity contribution in [2.24, 2.45) is 11.8 Å². The van der Waals surface area contributed by atoms with Gasteiger partial charge in [0.2, 0.25) is 5.91 Å². The summed E-state index contributed by atoms with van der Waals surface area (Å²) in [5.74, 6) is 1.69. The lowest BCUT2D eigenvalue weighted by atomic mass is 9.93.